The Morgan fingerprint density at radius 1 is 0.525 bits per heavy atom. The van der Waals surface area contributed by atoms with Crippen molar-refractivity contribution in [2.75, 3.05) is 0 Å². The van der Waals surface area contributed by atoms with Crippen LogP contribution in [0.2, 0.25) is 0 Å². The fourth-order valence-corrected chi connectivity index (χ4v) is 6.34. The third-order valence-electron chi connectivity index (χ3n) is 7.14. The van der Waals surface area contributed by atoms with Crippen LogP contribution in [0, 0.1) is 0 Å². The van der Waals surface area contributed by atoms with Gasteiger partial charge in [0.25, 0.3) is 0 Å². The fraction of sp³-hybridized carbons (Fsp3) is 0. The number of thiophene rings is 1. The van der Waals surface area contributed by atoms with E-state index in [1.54, 1.807) is 11.3 Å². The lowest BCUT2D eigenvalue weighted by molar-refractivity contribution is 0.620. The van der Waals surface area contributed by atoms with E-state index in [2.05, 4.69) is 66.7 Å². The van der Waals surface area contributed by atoms with Gasteiger partial charge in [-0.25, -0.2) is 15.0 Å². The van der Waals surface area contributed by atoms with Crippen LogP contribution in [0.1, 0.15) is 0 Å². The summed E-state index contributed by atoms with van der Waals surface area (Å²) in [6.45, 7) is 0. The standard InChI is InChI=1S/C35H21N3OS/c1-3-10-22(11-4-1)28-21-29(37-34(36-28)23-12-5-2-6-13-23)25-14-9-17-32-33(25)26-20-24(18-19-31(26)40-32)35-38-27-15-7-8-16-30(27)39-35/h1-21H. The number of aromatic nitrogens is 3. The van der Waals surface area contributed by atoms with Crippen molar-refractivity contribution in [3.05, 3.63) is 127 Å². The number of oxazole rings is 1. The van der Waals surface area contributed by atoms with Crippen LogP contribution in [0.5, 0.6) is 0 Å². The minimum Gasteiger partial charge on any atom is -0.436 e. The van der Waals surface area contributed by atoms with Crippen LogP contribution in [-0.2, 0) is 0 Å². The molecule has 8 aromatic rings. The van der Waals surface area contributed by atoms with Crippen LogP contribution < -0.4 is 0 Å². The van der Waals surface area contributed by atoms with Gasteiger partial charge in [0.15, 0.2) is 11.4 Å². The average Bonchev–Trinajstić information content (AvgIpc) is 3.63. The second kappa shape index (κ2) is 9.26. The molecular weight excluding hydrogens is 510 g/mol. The Bertz CT molecular complexity index is 2070. The van der Waals surface area contributed by atoms with Gasteiger partial charge in [-0.15, -0.1) is 11.3 Å². The van der Waals surface area contributed by atoms with E-state index in [1.807, 2.05) is 60.7 Å². The molecule has 0 radical (unpaired) electrons. The Morgan fingerprint density at radius 3 is 2.10 bits per heavy atom. The molecule has 3 heterocycles. The Hall–Kier alpha value is -5.13. The maximum Gasteiger partial charge on any atom is 0.227 e. The van der Waals surface area contributed by atoms with E-state index in [0.717, 1.165) is 50.1 Å². The highest BCUT2D eigenvalue weighted by Crippen LogP contribution is 2.42. The zero-order valence-electron chi connectivity index (χ0n) is 21.3. The summed E-state index contributed by atoms with van der Waals surface area (Å²) in [6, 6.07) is 43.3. The van der Waals surface area contributed by atoms with Gasteiger partial charge < -0.3 is 4.42 Å². The Kier molecular flexibility index (Phi) is 5.28. The molecule has 0 saturated heterocycles. The molecule has 0 amide bonds. The maximum absolute atomic E-state index is 6.11. The molecule has 0 aliphatic rings. The Balaban J connectivity index is 1.36. The Labute approximate surface area is 234 Å². The summed E-state index contributed by atoms with van der Waals surface area (Å²) in [5.41, 5.74) is 7.52. The van der Waals surface area contributed by atoms with Gasteiger partial charge in [0, 0.05) is 42.4 Å². The lowest BCUT2D eigenvalue weighted by Crippen LogP contribution is -1.96. The van der Waals surface area contributed by atoms with Gasteiger partial charge in [-0.2, -0.15) is 0 Å². The maximum atomic E-state index is 6.11. The highest BCUT2D eigenvalue weighted by Gasteiger charge is 2.17. The normalized spacial score (nSPS) is 11.5. The van der Waals surface area contributed by atoms with Gasteiger partial charge in [-0.05, 0) is 42.5 Å². The van der Waals surface area contributed by atoms with E-state index in [1.165, 1.54) is 14.8 Å². The molecule has 5 heteroatoms. The van der Waals surface area contributed by atoms with E-state index < -0.39 is 0 Å². The minimum absolute atomic E-state index is 0.625. The smallest absolute Gasteiger partial charge is 0.227 e. The summed E-state index contributed by atoms with van der Waals surface area (Å²) in [5, 5.41) is 2.34. The molecule has 0 aliphatic heterocycles. The van der Waals surface area contributed by atoms with Gasteiger partial charge >= 0.3 is 0 Å². The number of benzene rings is 5. The monoisotopic (exact) mass is 531 g/mol. The van der Waals surface area contributed by atoms with E-state index in [9.17, 15) is 0 Å². The molecule has 0 fully saturated rings. The van der Waals surface area contributed by atoms with Crippen molar-refractivity contribution in [3.63, 3.8) is 0 Å². The van der Waals surface area contributed by atoms with Crippen LogP contribution in [-0.4, -0.2) is 15.0 Å². The molecule has 40 heavy (non-hydrogen) atoms. The summed E-state index contributed by atoms with van der Waals surface area (Å²) in [5.74, 6) is 1.33. The molecule has 0 atom stereocenters. The van der Waals surface area contributed by atoms with Crippen LogP contribution in [0.4, 0.5) is 0 Å². The first-order valence-electron chi connectivity index (χ1n) is 13.1. The molecule has 0 bridgehead atoms. The molecule has 0 aliphatic carbocycles. The number of rotatable bonds is 4. The molecule has 0 unspecified atom stereocenters. The van der Waals surface area contributed by atoms with Crippen molar-refractivity contribution in [2.24, 2.45) is 0 Å². The number of para-hydroxylation sites is 2. The summed E-state index contributed by atoms with van der Waals surface area (Å²) < 4.78 is 8.53. The number of hydrogen-bond donors (Lipinski definition) is 0. The molecule has 5 aromatic carbocycles. The first-order chi connectivity index (χ1) is 19.8. The molecular formula is C35H21N3OS. The summed E-state index contributed by atoms with van der Waals surface area (Å²) in [4.78, 5) is 14.8. The van der Waals surface area contributed by atoms with Crippen LogP contribution in [0.15, 0.2) is 132 Å². The SMILES string of the molecule is c1ccc(-c2cc(-c3cccc4sc5ccc(-c6nc7ccccc7o6)cc5c34)nc(-c3ccccc3)n2)cc1. The third-order valence-corrected chi connectivity index (χ3v) is 8.28. The Morgan fingerprint density at radius 2 is 1.27 bits per heavy atom. The highest BCUT2D eigenvalue weighted by atomic mass is 32.1. The second-order valence-electron chi connectivity index (χ2n) is 9.67. The zero-order valence-corrected chi connectivity index (χ0v) is 22.1. The number of nitrogens with zero attached hydrogens (tertiary/aromatic N) is 3. The van der Waals surface area contributed by atoms with E-state index in [4.69, 9.17) is 19.4 Å². The van der Waals surface area contributed by atoms with Crippen molar-refractivity contribution < 1.29 is 4.42 Å². The van der Waals surface area contributed by atoms with Crippen LogP contribution in [0.3, 0.4) is 0 Å². The molecule has 0 saturated carbocycles. The van der Waals surface area contributed by atoms with E-state index in [-0.39, 0.29) is 0 Å². The van der Waals surface area contributed by atoms with Crippen molar-refractivity contribution in [1.29, 1.82) is 0 Å². The third kappa shape index (κ3) is 3.87. The predicted molar refractivity (Wildman–Crippen MR) is 164 cm³/mol. The first kappa shape index (κ1) is 22.8. The summed E-state index contributed by atoms with van der Waals surface area (Å²) in [7, 11) is 0. The largest absolute Gasteiger partial charge is 0.436 e. The highest BCUT2D eigenvalue weighted by molar-refractivity contribution is 7.26. The molecule has 188 valence electrons. The molecule has 4 nitrogen and oxygen atoms in total. The zero-order chi connectivity index (χ0) is 26.5. The lowest BCUT2D eigenvalue weighted by Gasteiger charge is -2.10. The summed E-state index contributed by atoms with van der Waals surface area (Å²) in [6.07, 6.45) is 0. The lowest BCUT2D eigenvalue weighted by atomic mass is 10.0. The van der Waals surface area contributed by atoms with Gasteiger partial charge in [-0.3, -0.25) is 0 Å². The number of hydrogen-bond acceptors (Lipinski definition) is 5. The van der Waals surface area contributed by atoms with Gasteiger partial charge in [-0.1, -0.05) is 84.9 Å². The van der Waals surface area contributed by atoms with Crippen molar-refractivity contribution in [2.45, 2.75) is 0 Å². The van der Waals surface area contributed by atoms with E-state index in [0.29, 0.717) is 11.7 Å². The van der Waals surface area contributed by atoms with Gasteiger partial charge in [0.2, 0.25) is 5.89 Å². The average molecular weight is 532 g/mol. The number of fused-ring (bicyclic) bond motifs is 4. The van der Waals surface area contributed by atoms with Crippen molar-refractivity contribution in [1.82, 2.24) is 15.0 Å². The molecule has 8 rings (SSSR count). The minimum atomic E-state index is 0.625. The van der Waals surface area contributed by atoms with Crippen molar-refractivity contribution in [3.8, 4) is 45.4 Å². The van der Waals surface area contributed by atoms with E-state index >= 15 is 0 Å². The van der Waals surface area contributed by atoms with Gasteiger partial charge in [0.1, 0.15) is 5.52 Å². The quantitative estimate of drug-likeness (QED) is 0.227. The molecule has 0 spiro atoms. The fourth-order valence-electron chi connectivity index (χ4n) is 5.23. The first-order valence-corrected chi connectivity index (χ1v) is 13.9. The second-order valence-corrected chi connectivity index (χ2v) is 10.8. The van der Waals surface area contributed by atoms with Crippen molar-refractivity contribution >= 4 is 42.6 Å². The molecule has 0 N–H and O–H groups in total. The topological polar surface area (TPSA) is 51.8 Å². The molecule has 3 aromatic heterocycles. The van der Waals surface area contributed by atoms with Gasteiger partial charge in [0.05, 0.1) is 11.4 Å². The predicted octanol–water partition coefficient (Wildman–Crippen LogP) is 9.65. The summed E-state index contributed by atoms with van der Waals surface area (Å²) >= 11 is 1.79. The van der Waals surface area contributed by atoms with Crippen LogP contribution >= 0.6 is 11.3 Å². The van der Waals surface area contributed by atoms with Crippen LogP contribution in [0.25, 0.3) is 76.6 Å².